The van der Waals surface area contributed by atoms with Crippen molar-refractivity contribution < 1.29 is 4.74 Å². The highest BCUT2D eigenvalue weighted by Gasteiger charge is 2.35. The van der Waals surface area contributed by atoms with Gasteiger partial charge in [0, 0.05) is 32.7 Å². The lowest BCUT2D eigenvalue weighted by atomic mass is 9.87. The number of fused-ring (bicyclic) bond motifs is 1. The fourth-order valence-electron chi connectivity index (χ4n) is 4.08. The molecule has 3 aliphatic heterocycles. The van der Waals surface area contributed by atoms with E-state index < -0.39 is 0 Å². The Morgan fingerprint density at radius 2 is 2.17 bits per heavy atom. The Morgan fingerprint density at radius 1 is 1.30 bits per heavy atom. The van der Waals surface area contributed by atoms with Crippen LogP contribution in [0.1, 0.15) is 44.0 Å². The van der Waals surface area contributed by atoms with Crippen molar-refractivity contribution in [3.63, 3.8) is 0 Å². The fourth-order valence-corrected chi connectivity index (χ4v) is 4.08. The van der Waals surface area contributed by atoms with Crippen molar-refractivity contribution in [3.8, 4) is 0 Å². The van der Waals surface area contributed by atoms with Crippen LogP contribution in [-0.4, -0.2) is 46.5 Å². The molecule has 0 amide bonds. The van der Waals surface area contributed by atoms with E-state index in [1.807, 2.05) is 0 Å². The number of nitrogens with zero attached hydrogens (tertiary/aromatic N) is 3. The molecule has 1 aromatic rings. The van der Waals surface area contributed by atoms with E-state index in [1.54, 1.807) is 0 Å². The average Bonchev–Trinajstić information content (AvgIpc) is 2.78. The zero-order valence-electron chi connectivity index (χ0n) is 14.2. The van der Waals surface area contributed by atoms with E-state index in [-0.39, 0.29) is 5.60 Å². The number of piperidine rings is 1. The third-order valence-corrected chi connectivity index (χ3v) is 5.43. The summed E-state index contributed by atoms with van der Waals surface area (Å²) in [7, 11) is 0. The highest BCUT2D eigenvalue weighted by Crippen LogP contribution is 2.33. The fraction of sp³-hybridized carbons (Fsp3) is 0.722. The lowest BCUT2D eigenvalue weighted by Gasteiger charge is -2.42. The molecular formula is C18H28N4O. The maximum absolute atomic E-state index is 6.12. The molecule has 126 valence electrons. The second-order valence-electron chi connectivity index (χ2n) is 7.31. The predicted molar refractivity (Wildman–Crippen MR) is 90.1 cm³/mol. The van der Waals surface area contributed by atoms with E-state index in [4.69, 9.17) is 9.84 Å². The molecule has 1 spiro atoms. The zero-order valence-corrected chi connectivity index (χ0v) is 14.2. The van der Waals surface area contributed by atoms with Gasteiger partial charge in [0.15, 0.2) is 0 Å². The number of rotatable bonds is 2. The normalized spacial score (nSPS) is 25.0. The summed E-state index contributed by atoms with van der Waals surface area (Å²) < 4.78 is 8.32. The second-order valence-corrected chi connectivity index (χ2v) is 7.31. The third-order valence-electron chi connectivity index (χ3n) is 5.43. The summed E-state index contributed by atoms with van der Waals surface area (Å²) in [5.74, 6) is 0. The maximum atomic E-state index is 6.12. The van der Waals surface area contributed by atoms with E-state index in [2.05, 4.69) is 34.0 Å². The first kappa shape index (κ1) is 15.4. The molecule has 0 bridgehead atoms. The van der Waals surface area contributed by atoms with Gasteiger partial charge in [-0.25, -0.2) is 0 Å². The van der Waals surface area contributed by atoms with Crippen LogP contribution in [0.3, 0.4) is 0 Å². The van der Waals surface area contributed by atoms with Crippen LogP contribution in [0.2, 0.25) is 0 Å². The summed E-state index contributed by atoms with van der Waals surface area (Å²) in [6.45, 7) is 9.40. The summed E-state index contributed by atoms with van der Waals surface area (Å²) in [4.78, 5) is 2.53. The molecule has 1 fully saturated rings. The van der Waals surface area contributed by atoms with Crippen LogP contribution in [0.4, 0.5) is 0 Å². The first-order valence-electron chi connectivity index (χ1n) is 9.03. The van der Waals surface area contributed by atoms with Crippen molar-refractivity contribution in [2.75, 3.05) is 26.2 Å². The Labute approximate surface area is 138 Å². The van der Waals surface area contributed by atoms with Crippen LogP contribution in [0.5, 0.6) is 0 Å². The molecule has 0 unspecified atom stereocenters. The highest BCUT2D eigenvalue weighted by atomic mass is 16.5. The smallest absolute Gasteiger partial charge is 0.0889 e. The first-order valence-corrected chi connectivity index (χ1v) is 9.03. The topological polar surface area (TPSA) is 42.3 Å². The summed E-state index contributed by atoms with van der Waals surface area (Å²) >= 11 is 0. The Hall–Kier alpha value is -1.17. The molecule has 0 aromatic carbocycles. The molecule has 4 rings (SSSR count). The van der Waals surface area contributed by atoms with Crippen LogP contribution in [-0.2, 0) is 24.4 Å². The maximum Gasteiger partial charge on any atom is 0.0889 e. The van der Waals surface area contributed by atoms with Crippen molar-refractivity contribution in [3.05, 3.63) is 29.1 Å². The van der Waals surface area contributed by atoms with Gasteiger partial charge >= 0.3 is 0 Å². The van der Waals surface area contributed by atoms with Crippen LogP contribution in [0.25, 0.3) is 0 Å². The van der Waals surface area contributed by atoms with Crippen molar-refractivity contribution in [2.24, 2.45) is 0 Å². The lowest BCUT2D eigenvalue weighted by molar-refractivity contribution is -0.0578. The van der Waals surface area contributed by atoms with E-state index in [9.17, 15) is 0 Å². The third kappa shape index (κ3) is 3.37. The SMILES string of the molecule is CC1=CC2(CCN(Cc3cc4n(n3)CCCNC4)CC2)OCC1. The summed E-state index contributed by atoms with van der Waals surface area (Å²) in [5.41, 5.74) is 4.07. The molecule has 5 nitrogen and oxygen atoms in total. The van der Waals surface area contributed by atoms with E-state index in [1.165, 1.54) is 23.4 Å². The van der Waals surface area contributed by atoms with Gasteiger partial charge in [-0.3, -0.25) is 9.58 Å². The molecule has 1 saturated heterocycles. The second kappa shape index (κ2) is 6.38. The van der Waals surface area contributed by atoms with Crippen molar-refractivity contribution in [1.82, 2.24) is 20.0 Å². The van der Waals surface area contributed by atoms with Gasteiger partial charge in [-0.2, -0.15) is 5.10 Å². The number of aromatic nitrogens is 2. The van der Waals surface area contributed by atoms with Gasteiger partial charge in [-0.05, 0) is 45.2 Å². The number of ether oxygens (including phenoxy) is 1. The standard InChI is InChI=1S/C18H28N4O/c1-15-3-10-23-18(12-15)4-8-21(9-5-18)14-16-11-17-13-19-6-2-7-22(17)20-16/h11-12,19H,2-10,13-14H2,1H3. The van der Waals surface area contributed by atoms with Gasteiger partial charge in [0.05, 0.1) is 23.6 Å². The van der Waals surface area contributed by atoms with Gasteiger partial charge in [0.1, 0.15) is 0 Å². The van der Waals surface area contributed by atoms with Crippen molar-refractivity contribution in [1.29, 1.82) is 0 Å². The minimum absolute atomic E-state index is 0.0219. The zero-order chi connectivity index (χ0) is 15.7. The minimum atomic E-state index is 0.0219. The molecule has 4 heterocycles. The van der Waals surface area contributed by atoms with E-state index >= 15 is 0 Å². The quantitative estimate of drug-likeness (QED) is 0.848. The number of hydrogen-bond donors (Lipinski definition) is 1. The Morgan fingerprint density at radius 3 is 3.00 bits per heavy atom. The Bertz CT molecular complexity index is 560. The van der Waals surface area contributed by atoms with Gasteiger partial charge < -0.3 is 10.1 Å². The lowest BCUT2D eigenvalue weighted by Crippen LogP contribution is -2.46. The Kier molecular flexibility index (Phi) is 4.26. The number of nitrogens with one attached hydrogen (secondary N) is 1. The van der Waals surface area contributed by atoms with Crippen molar-refractivity contribution in [2.45, 2.75) is 57.8 Å². The molecule has 5 heteroatoms. The number of likely N-dealkylation sites (tertiary alicyclic amines) is 1. The predicted octanol–water partition coefficient (Wildman–Crippen LogP) is 2.08. The van der Waals surface area contributed by atoms with Crippen LogP contribution in [0, 0.1) is 0 Å². The molecule has 0 radical (unpaired) electrons. The van der Waals surface area contributed by atoms with Gasteiger partial charge in [0.2, 0.25) is 0 Å². The van der Waals surface area contributed by atoms with Gasteiger partial charge in [-0.15, -0.1) is 0 Å². The molecular weight excluding hydrogens is 288 g/mol. The van der Waals surface area contributed by atoms with Gasteiger partial charge in [-0.1, -0.05) is 11.6 Å². The molecule has 0 atom stereocenters. The van der Waals surface area contributed by atoms with Gasteiger partial charge in [0.25, 0.3) is 0 Å². The molecule has 0 saturated carbocycles. The minimum Gasteiger partial charge on any atom is -0.370 e. The molecule has 1 N–H and O–H groups in total. The number of hydrogen-bond acceptors (Lipinski definition) is 4. The number of aryl methyl sites for hydroxylation is 1. The molecule has 3 aliphatic rings. The average molecular weight is 316 g/mol. The first-order chi connectivity index (χ1) is 11.2. The largest absolute Gasteiger partial charge is 0.370 e. The summed E-state index contributed by atoms with van der Waals surface area (Å²) in [6.07, 6.45) is 6.88. The Balaban J connectivity index is 1.37. The van der Waals surface area contributed by atoms with Crippen LogP contribution < -0.4 is 5.32 Å². The molecule has 0 aliphatic carbocycles. The van der Waals surface area contributed by atoms with Crippen LogP contribution >= 0.6 is 0 Å². The summed E-state index contributed by atoms with van der Waals surface area (Å²) in [6, 6.07) is 2.28. The monoisotopic (exact) mass is 316 g/mol. The van der Waals surface area contributed by atoms with E-state index in [0.717, 1.165) is 65.1 Å². The highest BCUT2D eigenvalue weighted by molar-refractivity contribution is 5.15. The van der Waals surface area contributed by atoms with E-state index in [0.29, 0.717) is 0 Å². The molecule has 1 aromatic heterocycles. The summed E-state index contributed by atoms with van der Waals surface area (Å²) in [5, 5.41) is 8.28. The van der Waals surface area contributed by atoms with Crippen LogP contribution in [0.15, 0.2) is 17.7 Å². The van der Waals surface area contributed by atoms with Crippen molar-refractivity contribution >= 4 is 0 Å². The molecule has 23 heavy (non-hydrogen) atoms.